The summed E-state index contributed by atoms with van der Waals surface area (Å²) in [5.41, 5.74) is 3.15. The van der Waals surface area contributed by atoms with Crippen LogP contribution in [-0.2, 0) is 13.2 Å². The maximum Gasteiger partial charge on any atom is 0.148 e. The van der Waals surface area contributed by atoms with Gasteiger partial charge in [0.1, 0.15) is 23.9 Å². The van der Waals surface area contributed by atoms with Gasteiger partial charge in [-0.1, -0.05) is 30.4 Å². The smallest absolute Gasteiger partial charge is 0.148 e. The second kappa shape index (κ2) is 6.57. The average Bonchev–Trinajstić information content (AvgIpc) is 2.90. The fourth-order valence-electron chi connectivity index (χ4n) is 2.52. The summed E-state index contributed by atoms with van der Waals surface area (Å²) >= 11 is 0. The number of imidazole rings is 1. The van der Waals surface area contributed by atoms with Gasteiger partial charge in [-0.05, 0) is 31.2 Å². The van der Waals surface area contributed by atoms with E-state index in [1.54, 1.807) is 7.11 Å². The van der Waals surface area contributed by atoms with E-state index in [1.807, 2.05) is 49.4 Å². The van der Waals surface area contributed by atoms with Crippen molar-refractivity contribution in [1.82, 2.24) is 9.55 Å². The van der Waals surface area contributed by atoms with Gasteiger partial charge in [0.25, 0.3) is 0 Å². The molecule has 0 spiro atoms. The molecule has 0 unspecified atom stereocenters. The van der Waals surface area contributed by atoms with Gasteiger partial charge in [-0.25, -0.2) is 4.98 Å². The number of ether oxygens (including phenoxy) is 2. The summed E-state index contributed by atoms with van der Waals surface area (Å²) in [6, 6.07) is 15.7. The van der Waals surface area contributed by atoms with E-state index in [0.29, 0.717) is 6.61 Å². The van der Waals surface area contributed by atoms with Crippen LogP contribution in [0.3, 0.4) is 0 Å². The quantitative estimate of drug-likeness (QED) is 0.640. The highest BCUT2D eigenvalue weighted by molar-refractivity contribution is 5.76. The van der Waals surface area contributed by atoms with Crippen LogP contribution in [0.2, 0.25) is 0 Å². The number of aromatic nitrogens is 2. The maximum atomic E-state index is 5.89. The Morgan fingerprint density at radius 1 is 1.13 bits per heavy atom. The third kappa shape index (κ3) is 3.37. The Labute approximate surface area is 136 Å². The number of fused-ring (bicyclic) bond motifs is 1. The Bertz CT molecular complexity index is 836. The van der Waals surface area contributed by atoms with Crippen molar-refractivity contribution < 1.29 is 9.47 Å². The van der Waals surface area contributed by atoms with Gasteiger partial charge in [-0.3, -0.25) is 0 Å². The van der Waals surface area contributed by atoms with Crippen molar-refractivity contribution >= 4 is 11.0 Å². The lowest BCUT2D eigenvalue weighted by Gasteiger charge is -2.11. The Morgan fingerprint density at radius 2 is 1.91 bits per heavy atom. The summed E-state index contributed by atoms with van der Waals surface area (Å²) in [6.07, 6.45) is 0. The van der Waals surface area contributed by atoms with Gasteiger partial charge in [-0.2, -0.15) is 0 Å². The first-order valence-corrected chi connectivity index (χ1v) is 7.53. The molecule has 0 atom stereocenters. The van der Waals surface area contributed by atoms with Crippen molar-refractivity contribution in [2.45, 2.75) is 20.1 Å². The molecule has 1 aromatic heterocycles. The largest absolute Gasteiger partial charge is 0.497 e. The van der Waals surface area contributed by atoms with Crippen LogP contribution in [0.1, 0.15) is 12.7 Å². The van der Waals surface area contributed by atoms with Crippen LogP contribution in [0.5, 0.6) is 11.5 Å². The molecule has 4 nitrogen and oxygen atoms in total. The molecule has 0 aliphatic carbocycles. The summed E-state index contributed by atoms with van der Waals surface area (Å²) in [7, 11) is 1.64. The minimum absolute atomic E-state index is 0.398. The van der Waals surface area contributed by atoms with Crippen molar-refractivity contribution in [3.8, 4) is 11.5 Å². The molecule has 1 heterocycles. The maximum absolute atomic E-state index is 5.89. The number of para-hydroxylation sites is 2. The highest BCUT2D eigenvalue weighted by Gasteiger charge is 2.11. The number of methoxy groups -OCH3 is 1. The van der Waals surface area contributed by atoms with Gasteiger partial charge in [-0.15, -0.1) is 0 Å². The van der Waals surface area contributed by atoms with Crippen molar-refractivity contribution in [2.24, 2.45) is 0 Å². The molecule has 0 saturated carbocycles. The summed E-state index contributed by atoms with van der Waals surface area (Å²) in [5.74, 6) is 2.42. The standard InChI is InChI=1S/C19H20N2O2/c1-14(2)12-21-18-10-5-4-9-17(18)20-19(21)13-23-16-8-6-7-15(11-16)22-3/h4-11H,1,12-13H2,2-3H3. The highest BCUT2D eigenvalue weighted by atomic mass is 16.5. The first-order valence-electron chi connectivity index (χ1n) is 7.53. The predicted molar refractivity (Wildman–Crippen MR) is 91.9 cm³/mol. The lowest BCUT2D eigenvalue weighted by atomic mass is 10.3. The van der Waals surface area contributed by atoms with Crippen molar-refractivity contribution in [3.63, 3.8) is 0 Å². The molecule has 0 bridgehead atoms. The number of hydrogen-bond acceptors (Lipinski definition) is 3. The van der Waals surface area contributed by atoms with Crippen LogP contribution in [0.15, 0.2) is 60.7 Å². The van der Waals surface area contributed by atoms with E-state index in [4.69, 9.17) is 9.47 Å². The molecule has 3 rings (SSSR count). The summed E-state index contributed by atoms with van der Waals surface area (Å²) in [5, 5.41) is 0. The van der Waals surface area contributed by atoms with E-state index in [2.05, 4.69) is 22.2 Å². The zero-order valence-corrected chi connectivity index (χ0v) is 13.5. The van der Waals surface area contributed by atoms with Crippen molar-refractivity contribution in [1.29, 1.82) is 0 Å². The van der Waals surface area contributed by atoms with E-state index in [9.17, 15) is 0 Å². The molecular weight excluding hydrogens is 288 g/mol. The minimum atomic E-state index is 0.398. The fraction of sp³-hybridized carbons (Fsp3) is 0.211. The van der Waals surface area contributed by atoms with Gasteiger partial charge in [0.15, 0.2) is 0 Å². The first kappa shape index (κ1) is 15.2. The van der Waals surface area contributed by atoms with Crippen LogP contribution in [-0.4, -0.2) is 16.7 Å². The van der Waals surface area contributed by atoms with Gasteiger partial charge in [0.05, 0.1) is 18.1 Å². The third-order valence-corrected chi connectivity index (χ3v) is 3.57. The summed E-state index contributed by atoms with van der Waals surface area (Å²) in [6.45, 7) is 7.16. The van der Waals surface area contributed by atoms with Crippen LogP contribution in [0.25, 0.3) is 11.0 Å². The molecule has 0 N–H and O–H groups in total. The van der Waals surface area contributed by atoms with Gasteiger partial charge in [0.2, 0.25) is 0 Å². The molecule has 2 aromatic carbocycles. The number of benzene rings is 2. The monoisotopic (exact) mass is 308 g/mol. The van der Waals surface area contributed by atoms with E-state index in [0.717, 1.165) is 40.5 Å². The Balaban J connectivity index is 1.88. The third-order valence-electron chi connectivity index (χ3n) is 3.57. The lowest BCUT2D eigenvalue weighted by Crippen LogP contribution is -2.08. The van der Waals surface area contributed by atoms with Gasteiger partial charge in [0, 0.05) is 12.6 Å². The molecule has 4 heteroatoms. The molecule has 0 fully saturated rings. The molecular formula is C19H20N2O2. The number of nitrogens with zero attached hydrogens (tertiary/aromatic N) is 2. The van der Waals surface area contributed by atoms with Crippen LogP contribution in [0, 0.1) is 0 Å². The Hall–Kier alpha value is -2.75. The Morgan fingerprint density at radius 3 is 2.70 bits per heavy atom. The number of hydrogen-bond donors (Lipinski definition) is 0. The van der Waals surface area contributed by atoms with E-state index in [1.165, 1.54) is 0 Å². The zero-order chi connectivity index (χ0) is 16.2. The van der Waals surface area contributed by atoms with Crippen LogP contribution in [0.4, 0.5) is 0 Å². The molecule has 3 aromatic rings. The topological polar surface area (TPSA) is 36.3 Å². The highest BCUT2D eigenvalue weighted by Crippen LogP contribution is 2.22. The van der Waals surface area contributed by atoms with E-state index >= 15 is 0 Å². The lowest BCUT2D eigenvalue weighted by molar-refractivity contribution is 0.289. The molecule has 0 radical (unpaired) electrons. The molecule has 0 saturated heterocycles. The number of rotatable bonds is 6. The molecule has 0 aliphatic heterocycles. The fourth-order valence-corrected chi connectivity index (χ4v) is 2.52. The van der Waals surface area contributed by atoms with Crippen molar-refractivity contribution in [2.75, 3.05) is 7.11 Å². The first-order chi connectivity index (χ1) is 11.2. The molecule has 118 valence electrons. The average molecular weight is 308 g/mol. The SMILES string of the molecule is C=C(C)Cn1c(COc2cccc(OC)c2)nc2ccccc21. The molecule has 0 amide bonds. The van der Waals surface area contributed by atoms with Crippen molar-refractivity contribution in [3.05, 3.63) is 66.5 Å². The second-order valence-electron chi connectivity index (χ2n) is 5.53. The van der Waals surface area contributed by atoms with Gasteiger partial charge < -0.3 is 14.0 Å². The Kier molecular flexibility index (Phi) is 4.33. The minimum Gasteiger partial charge on any atom is -0.497 e. The second-order valence-corrected chi connectivity index (χ2v) is 5.53. The zero-order valence-electron chi connectivity index (χ0n) is 13.5. The predicted octanol–water partition coefficient (Wildman–Crippen LogP) is 4.20. The number of allylic oxidation sites excluding steroid dienone is 1. The summed E-state index contributed by atoms with van der Waals surface area (Å²) in [4.78, 5) is 4.69. The molecule has 23 heavy (non-hydrogen) atoms. The molecule has 0 aliphatic rings. The van der Waals surface area contributed by atoms with E-state index in [-0.39, 0.29) is 0 Å². The van der Waals surface area contributed by atoms with E-state index < -0.39 is 0 Å². The van der Waals surface area contributed by atoms with Crippen LogP contribution < -0.4 is 9.47 Å². The normalized spacial score (nSPS) is 10.7. The summed E-state index contributed by atoms with van der Waals surface area (Å²) < 4.78 is 13.3. The van der Waals surface area contributed by atoms with Crippen LogP contribution >= 0.6 is 0 Å². The van der Waals surface area contributed by atoms with Gasteiger partial charge >= 0.3 is 0 Å².